The van der Waals surface area contributed by atoms with Crippen LogP contribution in [0.1, 0.15) is 13.8 Å². The lowest BCUT2D eigenvalue weighted by atomic mass is 10.4. The lowest BCUT2D eigenvalue weighted by Crippen LogP contribution is -2.33. The highest BCUT2D eigenvalue weighted by Crippen LogP contribution is 1.96. The molecular weight excluding hydrogens is 206 g/mol. The van der Waals surface area contributed by atoms with Crippen molar-refractivity contribution in [1.29, 1.82) is 0 Å². The molecule has 14 heavy (non-hydrogen) atoms. The third-order valence-electron chi connectivity index (χ3n) is 1.64. The highest BCUT2D eigenvalue weighted by molar-refractivity contribution is 7.92. The minimum atomic E-state index is -3.35. The van der Waals surface area contributed by atoms with E-state index >= 15 is 0 Å². The summed E-state index contributed by atoms with van der Waals surface area (Å²) in [5.74, 6) is -1.27. The molecule has 1 atom stereocenters. The van der Waals surface area contributed by atoms with Gasteiger partial charge in [0.25, 0.3) is 0 Å². The minimum absolute atomic E-state index is 0.0533. The first-order valence-electron chi connectivity index (χ1n) is 4.44. The molecule has 5 nitrogen and oxygen atoms in total. The first-order chi connectivity index (χ1) is 6.41. The fraction of sp³-hybridized carbons (Fsp3) is 0.875. The molecule has 1 unspecified atom stereocenters. The first-order valence-corrected chi connectivity index (χ1v) is 6.26. The summed E-state index contributed by atoms with van der Waals surface area (Å²) < 4.78 is 27.2. The van der Waals surface area contributed by atoms with Crippen molar-refractivity contribution in [3.8, 4) is 0 Å². The molecule has 0 aliphatic carbocycles. The highest BCUT2D eigenvalue weighted by atomic mass is 32.2. The molecule has 0 spiro atoms. The summed E-state index contributed by atoms with van der Waals surface area (Å²) in [7, 11) is -1.68. The second kappa shape index (κ2) is 5.98. The Labute approximate surface area is 84.7 Å². The lowest BCUT2D eigenvalue weighted by molar-refractivity contribution is -0.139. The summed E-state index contributed by atoms with van der Waals surface area (Å²) in [6, 6.07) is -0.158. The van der Waals surface area contributed by atoms with Gasteiger partial charge in [0.1, 0.15) is 5.75 Å². The van der Waals surface area contributed by atoms with Gasteiger partial charge in [0, 0.05) is 6.04 Å². The van der Waals surface area contributed by atoms with Crippen LogP contribution in [0.4, 0.5) is 0 Å². The summed E-state index contributed by atoms with van der Waals surface area (Å²) in [6.45, 7) is 3.58. The Morgan fingerprint density at radius 2 is 2.07 bits per heavy atom. The van der Waals surface area contributed by atoms with Crippen LogP contribution in [0.15, 0.2) is 0 Å². The van der Waals surface area contributed by atoms with Crippen LogP contribution in [0.3, 0.4) is 0 Å². The number of carbonyl (C=O) groups excluding carboxylic acids is 1. The number of hydrogen-bond acceptors (Lipinski definition) is 5. The molecule has 0 fully saturated rings. The van der Waals surface area contributed by atoms with E-state index in [2.05, 4.69) is 10.1 Å². The molecule has 0 rings (SSSR count). The molecule has 0 aliphatic rings. The van der Waals surface area contributed by atoms with E-state index in [0.29, 0.717) is 0 Å². The van der Waals surface area contributed by atoms with E-state index in [1.807, 2.05) is 0 Å². The summed E-state index contributed by atoms with van der Waals surface area (Å²) in [5.41, 5.74) is 0. The molecule has 0 aromatic carbocycles. The predicted molar refractivity (Wildman–Crippen MR) is 53.8 cm³/mol. The summed E-state index contributed by atoms with van der Waals surface area (Å²) >= 11 is 0. The van der Waals surface area contributed by atoms with Crippen LogP contribution in [0, 0.1) is 0 Å². The van der Waals surface area contributed by atoms with Crippen molar-refractivity contribution in [2.24, 2.45) is 0 Å². The van der Waals surface area contributed by atoms with Gasteiger partial charge < -0.3 is 10.1 Å². The number of hydrogen-bond donors (Lipinski definition) is 1. The summed E-state index contributed by atoms with van der Waals surface area (Å²) in [6.07, 6.45) is 0. The van der Waals surface area contributed by atoms with Crippen LogP contribution in [0.2, 0.25) is 0 Å². The zero-order valence-corrected chi connectivity index (χ0v) is 9.56. The topological polar surface area (TPSA) is 72.5 Å². The number of sulfone groups is 1. The Morgan fingerprint density at radius 3 is 2.50 bits per heavy atom. The van der Waals surface area contributed by atoms with Crippen LogP contribution in [-0.2, 0) is 19.4 Å². The van der Waals surface area contributed by atoms with Gasteiger partial charge in [-0.05, 0) is 20.9 Å². The number of ether oxygens (including phenoxy) is 1. The molecule has 0 saturated carbocycles. The third-order valence-corrected chi connectivity index (χ3v) is 3.32. The zero-order valence-electron chi connectivity index (χ0n) is 8.74. The van der Waals surface area contributed by atoms with Crippen molar-refractivity contribution < 1.29 is 17.9 Å². The van der Waals surface area contributed by atoms with Gasteiger partial charge in [-0.25, -0.2) is 8.42 Å². The molecule has 0 aromatic rings. The Bertz CT molecular complexity index is 273. The maximum absolute atomic E-state index is 11.3. The largest absolute Gasteiger partial charge is 0.465 e. The van der Waals surface area contributed by atoms with Crippen molar-refractivity contribution in [1.82, 2.24) is 5.32 Å². The number of carbonyl (C=O) groups is 1. The molecular formula is C8H17NO4S. The van der Waals surface area contributed by atoms with Gasteiger partial charge in [0.15, 0.2) is 9.84 Å². The Hall–Kier alpha value is -0.620. The number of esters is 1. The lowest BCUT2D eigenvalue weighted by Gasteiger charge is -2.09. The van der Waals surface area contributed by atoms with Crippen molar-refractivity contribution in [2.45, 2.75) is 19.9 Å². The molecule has 1 N–H and O–H groups in total. The Balaban J connectivity index is 4.14. The van der Waals surface area contributed by atoms with Crippen LogP contribution in [0.5, 0.6) is 0 Å². The molecule has 84 valence electrons. The predicted octanol–water partition coefficient (Wildman–Crippen LogP) is -0.428. The molecule has 0 aliphatic heterocycles. The zero-order chi connectivity index (χ0) is 11.2. The van der Waals surface area contributed by atoms with Gasteiger partial charge in [-0.2, -0.15) is 0 Å². The second-order valence-electron chi connectivity index (χ2n) is 3.05. The van der Waals surface area contributed by atoms with E-state index in [1.54, 1.807) is 20.9 Å². The van der Waals surface area contributed by atoms with Crippen LogP contribution < -0.4 is 5.32 Å². The number of rotatable bonds is 6. The van der Waals surface area contributed by atoms with Crippen molar-refractivity contribution in [3.63, 3.8) is 0 Å². The van der Waals surface area contributed by atoms with Gasteiger partial charge >= 0.3 is 5.97 Å². The third kappa shape index (κ3) is 5.93. The quantitative estimate of drug-likeness (QED) is 0.619. The average molecular weight is 223 g/mol. The molecule has 6 heteroatoms. The van der Waals surface area contributed by atoms with E-state index in [4.69, 9.17) is 0 Å². The number of nitrogens with one attached hydrogen (secondary N) is 1. The van der Waals surface area contributed by atoms with Crippen LogP contribution in [0.25, 0.3) is 0 Å². The molecule has 0 radical (unpaired) electrons. The minimum Gasteiger partial charge on any atom is -0.465 e. The van der Waals surface area contributed by atoms with Crippen LogP contribution in [-0.4, -0.2) is 45.6 Å². The van der Waals surface area contributed by atoms with Crippen molar-refractivity contribution in [3.05, 3.63) is 0 Å². The van der Waals surface area contributed by atoms with E-state index < -0.39 is 21.6 Å². The van der Waals surface area contributed by atoms with Crippen molar-refractivity contribution in [2.75, 3.05) is 25.2 Å². The first kappa shape index (κ1) is 13.4. The van der Waals surface area contributed by atoms with E-state index in [-0.39, 0.29) is 18.4 Å². The van der Waals surface area contributed by atoms with E-state index in [0.717, 1.165) is 0 Å². The second-order valence-corrected chi connectivity index (χ2v) is 5.16. The van der Waals surface area contributed by atoms with Gasteiger partial charge in [-0.1, -0.05) is 0 Å². The smallest absolute Gasteiger partial charge is 0.321 e. The van der Waals surface area contributed by atoms with Crippen molar-refractivity contribution >= 4 is 15.8 Å². The SMILES string of the molecule is CCOC(=O)CS(=O)(=O)CC(C)NC. The Morgan fingerprint density at radius 1 is 1.50 bits per heavy atom. The fourth-order valence-corrected chi connectivity index (χ4v) is 2.39. The molecule has 0 saturated heterocycles. The normalized spacial score (nSPS) is 13.6. The van der Waals surface area contributed by atoms with Gasteiger partial charge in [0.2, 0.25) is 0 Å². The summed E-state index contributed by atoms with van der Waals surface area (Å²) in [5, 5.41) is 2.79. The maximum atomic E-state index is 11.3. The average Bonchev–Trinajstić information content (AvgIpc) is 2.02. The summed E-state index contributed by atoms with van der Waals surface area (Å²) in [4.78, 5) is 10.9. The van der Waals surface area contributed by atoms with Gasteiger partial charge in [-0.15, -0.1) is 0 Å². The molecule has 0 amide bonds. The van der Waals surface area contributed by atoms with Gasteiger partial charge in [-0.3, -0.25) is 4.79 Å². The monoisotopic (exact) mass is 223 g/mol. The molecule has 0 heterocycles. The molecule has 0 aromatic heterocycles. The fourth-order valence-electron chi connectivity index (χ4n) is 0.905. The molecule has 0 bridgehead atoms. The van der Waals surface area contributed by atoms with Gasteiger partial charge in [0.05, 0.1) is 12.4 Å². The maximum Gasteiger partial charge on any atom is 0.321 e. The van der Waals surface area contributed by atoms with E-state index in [1.165, 1.54) is 0 Å². The standard InChI is InChI=1S/C8H17NO4S/c1-4-13-8(10)6-14(11,12)5-7(2)9-3/h7,9H,4-6H2,1-3H3. The highest BCUT2D eigenvalue weighted by Gasteiger charge is 2.19. The van der Waals surface area contributed by atoms with E-state index in [9.17, 15) is 13.2 Å². The van der Waals surface area contributed by atoms with Crippen LogP contribution >= 0.6 is 0 Å². The Kier molecular flexibility index (Phi) is 5.71.